The lowest BCUT2D eigenvalue weighted by Crippen LogP contribution is -2.46. The van der Waals surface area contributed by atoms with E-state index in [1.54, 1.807) is 17.1 Å². The molecule has 15 heavy (non-hydrogen) atoms. The normalized spacial score (nSPS) is 21.2. The first-order valence-electron chi connectivity index (χ1n) is 5.32. The lowest BCUT2D eigenvalue weighted by atomic mass is 10.1. The molecule has 82 valence electrons. The number of nitrogens with zero attached hydrogens (tertiary/aromatic N) is 2. The molecular formula is C10H16N4O. The van der Waals surface area contributed by atoms with Crippen LogP contribution in [-0.2, 0) is 11.3 Å². The molecule has 0 radical (unpaired) electrons. The van der Waals surface area contributed by atoms with Crippen molar-refractivity contribution in [3.8, 4) is 0 Å². The molecule has 1 aromatic rings. The van der Waals surface area contributed by atoms with Gasteiger partial charge in [0.2, 0.25) is 5.91 Å². The van der Waals surface area contributed by atoms with Gasteiger partial charge in [-0.3, -0.25) is 9.48 Å². The average molecular weight is 208 g/mol. The van der Waals surface area contributed by atoms with Crippen LogP contribution in [0.5, 0.6) is 0 Å². The van der Waals surface area contributed by atoms with Crippen LogP contribution in [0, 0.1) is 0 Å². The van der Waals surface area contributed by atoms with Crippen LogP contribution in [-0.4, -0.2) is 34.8 Å². The van der Waals surface area contributed by atoms with Crippen molar-refractivity contribution in [2.75, 3.05) is 13.1 Å². The van der Waals surface area contributed by atoms with Gasteiger partial charge in [-0.15, -0.1) is 0 Å². The summed E-state index contributed by atoms with van der Waals surface area (Å²) in [7, 11) is 0. The van der Waals surface area contributed by atoms with E-state index < -0.39 is 0 Å². The molecule has 0 aliphatic carbocycles. The molecule has 5 nitrogen and oxygen atoms in total. The third-order valence-electron chi connectivity index (χ3n) is 2.53. The van der Waals surface area contributed by atoms with E-state index in [4.69, 9.17) is 0 Å². The molecule has 0 aromatic carbocycles. The van der Waals surface area contributed by atoms with Crippen LogP contribution in [0.4, 0.5) is 0 Å². The number of hydrogen-bond donors (Lipinski definition) is 2. The minimum Gasteiger partial charge on any atom is -0.350 e. The van der Waals surface area contributed by atoms with Gasteiger partial charge < -0.3 is 10.6 Å². The van der Waals surface area contributed by atoms with Crippen LogP contribution >= 0.6 is 0 Å². The number of rotatable bonds is 3. The summed E-state index contributed by atoms with van der Waals surface area (Å²) < 4.78 is 1.63. The van der Waals surface area contributed by atoms with Gasteiger partial charge in [0.15, 0.2) is 0 Å². The van der Waals surface area contributed by atoms with E-state index >= 15 is 0 Å². The van der Waals surface area contributed by atoms with E-state index in [0.717, 1.165) is 25.9 Å². The monoisotopic (exact) mass is 208 g/mol. The van der Waals surface area contributed by atoms with Gasteiger partial charge in [0.05, 0.1) is 0 Å². The molecule has 2 heterocycles. The van der Waals surface area contributed by atoms with Gasteiger partial charge in [0.25, 0.3) is 0 Å². The molecule has 1 aliphatic rings. The van der Waals surface area contributed by atoms with Gasteiger partial charge in [-0.05, 0) is 25.5 Å². The van der Waals surface area contributed by atoms with Crippen molar-refractivity contribution in [3.63, 3.8) is 0 Å². The zero-order valence-corrected chi connectivity index (χ0v) is 8.65. The highest BCUT2D eigenvalue weighted by molar-refractivity contribution is 5.75. The molecule has 2 N–H and O–H groups in total. The van der Waals surface area contributed by atoms with Gasteiger partial charge >= 0.3 is 0 Å². The maximum Gasteiger partial charge on any atom is 0.241 e. The largest absolute Gasteiger partial charge is 0.350 e. The van der Waals surface area contributed by atoms with Crippen LogP contribution in [0.2, 0.25) is 0 Å². The first-order chi connectivity index (χ1) is 7.34. The van der Waals surface area contributed by atoms with Gasteiger partial charge in [0, 0.05) is 25.0 Å². The number of aromatic nitrogens is 2. The third-order valence-corrected chi connectivity index (χ3v) is 2.53. The Morgan fingerprint density at radius 1 is 1.67 bits per heavy atom. The van der Waals surface area contributed by atoms with Gasteiger partial charge in [-0.25, -0.2) is 0 Å². The Morgan fingerprint density at radius 3 is 3.27 bits per heavy atom. The van der Waals surface area contributed by atoms with Crippen LogP contribution in [0.1, 0.15) is 12.8 Å². The Hall–Kier alpha value is -1.36. The van der Waals surface area contributed by atoms with Crippen molar-refractivity contribution in [2.24, 2.45) is 0 Å². The maximum atomic E-state index is 11.6. The fourth-order valence-electron chi connectivity index (χ4n) is 1.79. The van der Waals surface area contributed by atoms with Crippen LogP contribution < -0.4 is 10.6 Å². The first kappa shape index (κ1) is 10.2. The summed E-state index contributed by atoms with van der Waals surface area (Å²) in [4.78, 5) is 11.6. The highest BCUT2D eigenvalue weighted by atomic mass is 16.2. The van der Waals surface area contributed by atoms with Gasteiger partial charge in [0.1, 0.15) is 6.54 Å². The van der Waals surface area contributed by atoms with E-state index in [9.17, 15) is 4.79 Å². The molecule has 1 aromatic heterocycles. The lowest BCUT2D eigenvalue weighted by Gasteiger charge is -2.23. The SMILES string of the molecule is O=C(Cn1cccn1)NC1CCCNC1. The molecule has 1 amide bonds. The second kappa shape index (κ2) is 4.93. The topological polar surface area (TPSA) is 59.0 Å². The lowest BCUT2D eigenvalue weighted by molar-refractivity contribution is -0.122. The highest BCUT2D eigenvalue weighted by Crippen LogP contribution is 2.00. The predicted molar refractivity (Wildman–Crippen MR) is 56.3 cm³/mol. The number of hydrogen-bond acceptors (Lipinski definition) is 3. The quantitative estimate of drug-likeness (QED) is 0.720. The Morgan fingerprint density at radius 2 is 2.60 bits per heavy atom. The molecule has 1 aliphatic heterocycles. The van der Waals surface area contributed by atoms with E-state index in [2.05, 4.69) is 15.7 Å². The molecule has 0 spiro atoms. The predicted octanol–water partition coefficient (Wildman–Crippen LogP) is -0.249. The summed E-state index contributed by atoms with van der Waals surface area (Å²) in [6.45, 7) is 2.25. The Bertz CT molecular complexity index is 303. The zero-order chi connectivity index (χ0) is 10.5. The molecule has 5 heteroatoms. The molecule has 1 atom stereocenters. The Labute approximate surface area is 88.8 Å². The van der Waals surface area contributed by atoms with Gasteiger partial charge in [-0.1, -0.05) is 0 Å². The minimum atomic E-state index is 0.0346. The fourth-order valence-corrected chi connectivity index (χ4v) is 1.79. The number of piperidine rings is 1. The van der Waals surface area contributed by atoms with Crippen LogP contribution in [0.3, 0.4) is 0 Å². The van der Waals surface area contributed by atoms with E-state index in [1.165, 1.54) is 0 Å². The Balaban J connectivity index is 1.76. The van der Waals surface area contributed by atoms with Crippen molar-refractivity contribution in [1.29, 1.82) is 0 Å². The van der Waals surface area contributed by atoms with E-state index in [-0.39, 0.29) is 11.9 Å². The second-order valence-corrected chi connectivity index (χ2v) is 3.81. The molecule has 0 saturated carbocycles. The fraction of sp³-hybridized carbons (Fsp3) is 0.600. The van der Waals surface area contributed by atoms with Crippen molar-refractivity contribution in [2.45, 2.75) is 25.4 Å². The standard InChI is InChI=1S/C10H16N4O/c15-10(8-14-6-2-5-12-14)13-9-3-1-4-11-7-9/h2,5-6,9,11H,1,3-4,7-8H2,(H,13,15). The summed E-state index contributed by atoms with van der Waals surface area (Å²) >= 11 is 0. The van der Waals surface area contributed by atoms with Crippen molar-refractivity contribution in [1.82, 2.24) is 20.4 Å². The Kier molecular flexibility index (Phi) is 3.34. The summed E-state index contributed by atoms with van der Waals surface area (Å²) in [6, 6.07) is 2.09. The first-order valence-corrected chi connectivity index (χ1v) is 5.32. The molecule has 0 bridgehead atoms. The van der Waals surface area contributed by atoms with E-state index in [0.29, 0.717) is 6.54 Å². The molecule has 1 unspecified atom stereocenters. The third kappa shape index (κ3) is 3.06. The minimum absolute atomic E-state index is 0.0346. The second-order valence-electron chi connectivity index (χ2n) is 3.81. The summed E-state index contributed by atoms with van der Waals surface area (Å²) in [6.07, 6.45) is 5.67. The van der Waals surface area contributed by atoms with Gasteiger partial charge in [-0.2, -0.15) is 5.10 Å². The maximum absolute atomic E-state index is 11.6. The molecular weight excluding hydrogens is 192 g/mol. The molecule has 2 rings (SSSR count). The van der Waals surface area contributed by atoms with Crippen LogP contribution in [0.15, 0.2) is 18.5 Å². The van der Waals surface area contributed by atoms with Crippen molar-refractivity contribution < 1.29 is 4.79 Å². The zero-order valence-electron chi connectivity index (χ0n) is 8.65. The highest BCUT2D eigenvalue weighted by Gasteiger charge is 2.15. The van der Waals surface area contributed by atoms with Crippen molar-refractivity contribution >= 4 is 5.91 Å². The van der Waals surface area contributed by atoms with Crippen molar-refractivity contribution in [3.05, 3.63) is 18.5 Å². The number of nitrogens with one attached hydrogen (secondary N) is 2. The summed E-state index contributed by atoms with van der Waals surface area (Å²) in [5.41, 5.74) is 0. The summed E-state index contributed by atoms with van der Waals surface area (Å²) in [5.74, 6) is 0.0346. The smallest absolute Gasteiger partial charge is 0.241 e. The number of carbonyl (C=O) groups is 1. The summed E-state index contributed by atoms with van der Waals surface area (Å²) in [5, 5.41) is 10.2. The van der Waals surface area contributed by atoms with E-state index in [1.807, 2.05) is 6.07 Å². The number of carbonyl (C=O) groups excluding carboxylic acids is 1. The molecule has 1 saturated heterocycles. The van der Waals surface area contributed by atoms with Crippen LogP contribution in [0.25, 0.3) is 0 Å². The molecule has 1 fully saturated rings. The number of amides is 1. The average Bonchev–Trinajstić information content (AvgIpc) is 2.71.